The Hall–Kier alpha value is -0.830. The van der Waals surface area contributed by atoms with E-state index in [9.17, 15) is 4.79 Å². The second kappa shape index (κ2) is 3.72. The molecular weight excluding hydrogens is 156 g/mol. The van der Waals surface area contributed by atoms with E-state index in [-0.39, 0.29) is 12.1 Å². The normalized spacial score (nSPS) is 26.5. The zero-order valence-electron chi connectivity index (χ0n) is 7.50. The van der Waals surface area contributed by atoms with Crippen molar-refractivity contribution in [3.8, 4) is 0 Å². The molecule has 1 heterocycles. The van der Waals surface area contributed by atoms with Crippen LogP contribution in [0.1, 0.15) is 20.3 Å². The summed E-state index contributed by atoms with van der Waals surface area (Å²) in [7, 11) is 0. The molecule has 0 amide bonds. The minimum absolute atomic E-state index is 0.123. The summed E-state index contributed by atoms with van der Waals surface area (Å²) in [4.78, 5) is 10.9. The molecule has 0 bridgehead atoms. The minimum Gasteiger partial charge on any atom is -0.459 e. The Balaban J connectivity index is 2.11. The lowest BCUT2D eigenvalue weighted by Crippen LogP contribution is -2.11. The highest BCUT2D eigenvalue weighted by atomic mass is 16.6. The summed E-state index contributed by atoms with van der Waals surface area (Å²) in [5, 5.41) is 0. The van der Waals surface area contributed by atoms with E-state index in [1.54, 1.807) is 6.92 Å². The van der Waals surface area contributed by atoms with Crippen LogP contribution in [0.3, 0.4) is 0 Å². The molecule has 1 fully saturated rings. The SMILES string of the molecule is C=C(C)C(=O)OCC1OC1CC. The molecule has 1 rings (SSSR count). The van der Waals surface area contributed by atoms with Crippen LogP contribution in [0.25, 0.3) is 0 Å². The van der Waals surface area contributed by atoms with Gasteiger partial charge in [-0.15, -0.1) is 0 Å². The van der Waals surface area contributed by atoms with E-state index in [1.165, 1.54) is 0 Å². The first-order chi connectivity index (χ1) is 5.65. The van der Waals surface area contributed by atoms with Crippen LogP contribution in [-0.2, 0) is 14.3 Å². The quantitative estimate of drug-likeness (QED) is 0.362. The number of rotatable bonds is 4. The Kier molecular flexibility index (Phi) is 2.87. The van der Waals surface area contributed by atoms with Crippen molar-refractivity contribution in [2.75, 3.05) is 6.61 Å². The van der Waals surface area contributed by atoms with Gasteiger partial charge in [-0.1, -0.05) is 13.5 Å². The lowest BCUT2D eigenvalue weighted by atomic mass is 10.3. The summed E-state index contributed by atoms with van der Waals surface area (Å²) < 4.78 is 10.1. The Morgan fingerprint density at radius 3 is 2.67 bits per heavy atom. The van der Waals surface area contributed by atoms with Gasteiger partial charge in [0, 0.05) is 5.57 Å². The van der Waals surface area contributed by atoms with Gasteiger partial charge in [-0.3, -0.25) is 0 Å². The number of epoxide rings is 1. The first-order valence-electron chi connectivity index (χ1n) is 4.13. The van der Waals surface area contributed by atoms with Crippen molar-refractivity contribution in [1.82, 2.24) is 0 Å². The van der Waals surface area contributed by atoms with Gasteiger partial charge in [0.1, 0.15) is 12.7 Å². The molecule has 0 aromatic heterocycles. The summed E-state index contributed by atoms with van der Waals surface area (Å²) in [6.07, 6.45) is 1.40. The smallest absolute Gasteiger partial charge is 0.333 e. The molecule has 0 saturated carbocycles. The maximum atomic E-state index is 10.9. The molecule has 3 nitrogen and oxygen atoms in total. The topological polar surface area (TPSA) is 38.8 Å². The Morgan fingerprint density at radius 1 is 1.58 bits per heavy atom. The summed E-state index contributed by atoms with van der Waals surface area (Å²) in [5.41, 5.74) is 0.434. The molecule has 1 aliphatic rings. The number of ether oxygens (including phenoxy) is 2. The molecule has 0 aliphatic carbocycles. The van der Waals surface area contributed by atoms with Gasteiger partial charge in [0.05, 0.1) is 6.10 Å². The highest BCUT2D eigenvalue weighted by Gasteiger charge is 2.37. The van der Waals surface area contributed by atoms with Crippen molar-refractivity contribution in [1.29, 1.82) is 0 Å². The van der Waals surface area contributed by atoms with E-state index < -0.39 is 0 Å². The van der Waals surface area contributed by atoms with E-state index in [2.05, 4.69) is 6.58 Å². The molecule has 12 heavy (non-hydrogen) atoms. The molecule has 68 valence electrons. The van der Waals surface area contributed by atoms with Crippen molar-refractivity contribution in [2.45, 2.75) is 32.5 Å². The van der Waals surface area contributed by atoms with Crippen LogP contribution >= 0.6 is 0 Å². The summed E-state index contributed by atoms with van der Waals surface area (Å²) >= 11 is 0. The van der Waals surface area contributed by atoms with Gasteiger partial charge >= 0.3 is 5.97 Å². The summed E-state index contributed by atoms with van der Waals surface area (Å²) in [6, 6.07) is 0. The fourth-order valence-electron chi connectivity index (χ4n) is 0.966. The average Bonchev–Trinajstić information content (AvgIpc) is 2.78. The zero-order chi connectivity index (χ0) is 9.14. The highest BCUT2D eigenvalue weighted by Crippen LogP contribution is 2.24. The fourth-order valence-corrected chi connectivity index (χ4v) is 0.966. The maximum Gasteiger partial charge on any atom is 0.333 e. The van der Waals surface area contributed by atoms with Gasteiger partial charge in [0.15, 0.2) is 0 Å². The Bertz CT molecular complexity index is 198. The lowest BCUT2D eigenvalue weighted by Gasteiger charge is -2.00. The van der Waals surface area contributed by atoms with Crippen molar-refractivity contribution in [3.63, 3.8) is 0 Å². The van der Waals surface area contributed by atoms with Gasteiger partial charge in [0.2, 0.25) is 0 Å². The van der Waals surface area contributed by atoms with Crippen molar-refractivity contribution < 1.29 is 14.3 Å². The zero-order valence-corrected chi connectivity index (χ0v) is 7.50. The van der Waals surface area contributed by atoms with Crippen LogP contribution in [0.4, 0.5) is 0 Å². The van der Waals surface area contributed by atoms with Crippen molar-refractivity contribution >= 4 is 5.97 Å². The first-order valence-corrected chi connectivity index (χ1v) is 4.13. The maximum absolute atomic E-state index is 10.9. The molecule has 1 saturated heterocycles. The number of esters is 1. The molecule has 0 radical (unpaired) electrons. The van der Waals surface area contributed by atoms with Gasteiger partial charge in [-0.25, -0.2) is 4.79 Å². The standard InChI is InChI=1S/C9H14O3/c1-4-7-8(12-7)5-11-9(10)6(2)3/h7-8H,2,4-5H2,1,3H3. The minimum atomic E-state index is -0.333. The molecule has 1 aliphatic heterocycles. The van der Waals surface area contributed by atoms with E-state index >= 15 is 0 Å². The Morgan fingerprint density at radius 2 is 2.25 bits per heavy atom. The third kappa shape index (κ3) is 2.34. The van der Waals surface area contributed by atoms with Crippen LogP contribution in [0.5, 0.6) is 0 Å². The van der Waals surface area contributed by atoms with Crippen LogP contribution in [0.2, 0.25) is 0 Å². The van der Waals surface area contributed by atoms with E-state index in [0.29, 0.717) is 18.3 Å². The molecule has 2 unspecified atom stereocenters. The number of hydrogen-bond donors (Lipinski definition) is 0. The predicted octanol–water partition coefficient (Wildman–Crippen LogP) is 1.28. The Labute approximate surface area is 72.4 Å². The first kappa shape index (κ1) is 9.26. The molecule has 0 aromatic rings. The largest absolute Gasteiger partial charge is 0.459 e. The second-order valence-electron chi connectivity index (χ2n) is 3.00. The molecule has 0 spiro atoms. The van der Waals surface area contributed by atoms with E-state index in [4.69, 9.17) is 9.47 Å². The van der Waals surface area contributed by atoms with Crippen LogP contribution < -0.4 is 0 Å². The van der Waals surface area contributed by atoms with Gasteiger partial charge in [-0.05, 0) is 13.3 Å². The summed E-state index contributed by atoms with van der Waals surface area (Å²) in [6.45, 7) is 7.52. The van der Waals surface area contributed by atoms with E-state index in [1.807, 2.05) is 6.92 Å². The van der Waals surface area contributed by atoms with Gasteiger partial charge < -0.3 is 9.47 Å². The van der Waals surface area contributed by atoms with Crippen LogP contribution in [0, 0.1) is 0 Å². The molecule has 0 N–H and O–H groups in total. The van der Waals surface area contributed by atoms with Crippen LogP contribution in [-0.4, -0.2) is 24.8 Å². The number of carbonyl (C=O) groups is 1. The van der Waals surface area contributed by atoms with Gasteiger partial charge in [0.25, 0.3) is 0 Å². The molecule has 0 aromatic carbocycles. The fraction of sp³-hybridized carbons (Fsp3) is 0.667. The number of hydrogen-bond acceptors (Lipinski definition) is 3. The molecule has 3 heteroatoms. The molecular formula is C9H14O3. The third-order valence-electron chi connectivity index (χ3n) is 1.82. The second-order valence-corrected chi connectivity index (χ2v) is 3.00. The monoisotopic (exact) mass is 170 g/mol. The molecule has 2 atom stereocenters. The average molecular weight is 170 g/mol. The predicted molar refractivity (Wildman–Crippen MR) is 44.7 cm³/mol. The van der Waals surface area contributed by atoms with Crippen molar-refractivity contribution in [2.24, 2.45) is 0 Å². The van der Waals surface area contributed by atoms with Gasteiger partial charge in [-0.2, -0.15) is 0 Å². The number of carbonyl (C=O) groups excluding carboxylic acids is 1. The third-order valence-corrected chi connectivity index (χ3v) is 1.82. The lowest BCUT2D eigenvalue weighted by molar-refractivity contribution is -0.139. The van der Waals surface area contributed by atoms with Crippen LogP contribution in [0.15, 0.2) is 12.2 Å². The van der Waals surface area contributed by atoms with E-state index in [0.717, 1.165) is 6.42 Å². The highest BCUT2D eigenvalue weighted by molar-refractivity contribution is 5.86. The summed E-state index contributed by atoms with van der Waals surface area (Å²) in [5.74, 6) is -0.333. The van der Waals surface area contributed by atoms with Crippen molar-refractivity contribution in [3.05, 3.63) is 12.2 Å².